The second kappa shape index (κ2) is 2.40. The van der Waals surface area contributed by atoms with E-state index in [0.29, 0.717) is 0 Å². The maximum absolute atomic E-state index is 12.1. The van der Waals surface area contributed by atoms with E-state index in [2.05, 4.69) is 20.9 Å². The lowest BCUT2D eigenvalue weighted by molar-refractivity contribution is 0.407. The number of hydrogen-bond acceptors (Lipinski definition) is 1. The third-order valence-electron chi connectivity index (χ3n) is 0.859. The van der Waals surface area contributed by atoms with Crippen LogP contribution in [0.3, 0.4) is 0 Å². The van der Waals surface area contributed by atoms with Gasteiger partial charge in [0.15, 0.2) is 0 Å². The summed E-state index contributed by atoms with van der Waals surface area (Å²) in [6.07, 6.45) is 2.22. The van der Waals surface area contributed by atoms with Crippen molar-refractivity contribution in [3.05, 3.63) is 12.2 Å². The Morgan fingerprint density at radius 2 is 2.62 bits per heavy atom. The first-order valence-corrected chi connectivity index (χ1v) is 3.10. The summed E-state index contributed by atoms with van der Waals surface area (Å²) in [7, 11) is 0. The van der Waals surface area contributed by atoms with Gasteiger partial charge in [-0.15, -0.1) is 0 Å². The molecule has 0 radical (unpaired) electrons. The fourth-order valence-electron chi connectivity index (χ4n) is 0.472. The summed E-state index contributed by atoms with van der Waals surface area (Å²) in [5, 5.41) is 0. The fourth-order valence-corrected chi connectivity index (χ4v) is 0.769. The molecule has 0 saturated heterocycles. The van der Waals surface area contributed by atoms with E-state index in [0.717, 1.165) is 4.62 Å². The number of dihydropyridines is 1. The van der Waals surface area contributed by atoms with Crippen LogP contribution in [0, 0.1) is 0 Å². The maximum Gasteiger partial charge on any atom is 0.138 e. The lowest BCUT2D eigenvalue weighted by Gasteiger charge is -2.02. The van der Waals surface area contributed by atoms with Gasteiger partial charge in [0, 0.05) is 0 Å². The van der Waals surface area contributed by atoms with Crippen molar-refractivity contribution in [2.75, 3.05) is 6.54 Å². The Morgan fingerprint density at radius 1 is 1.88 bits per heavy atom. The predicted octanol–water partition coefficient (Wildman–Crippen LogP) is 1.69. The van der Waals surface area contributed by atoms with Crippen LogP contribution in [0.5, 0.6) is 0 Å². The third kappa shape index (κ3) is 1.40. The highest BCUT2D eigenvalue weighted by molar-refractivity contribution is 9.18. The minimum atomic E-state index is -0.878. The van der Waals surface area contributed by atoms with Crippen LogP contribution < -0.4 is 0 Å². The monoisotopic (exact) mass is 177 g/mol. The van der Waals surface area contributed by atoms with Gasteiger partial charge >= 0.3 is 0 Å². The van der Waals surface area contributed by atoms with Crippen molar-refractivity contribution >= 4 is 20.6 Å². The molecule has 1 heterocycles. The van der Waals surface area contributed by atoms with Crippen molar-refractivity contribution in [3.63, 3.8) is 0 Å². The maximum atomic E-state index is 12.1. The van der Waals surface area contributed by atoms with E-state index in [1.54, 1.807) is 6.08 Å². The largest absolute Gasteiger partial charge is 0.274 e. The molecule has 1 unspecified atom stereocenters. The number of halogens is 2. The molecular formula is C5H5BrFN. The first-order chi connectivity index (χ1) is 3.79. The standard InChI is InChI=1S/C5H5BrFN/c6-5-2-1-4(7)3-8-5/h1-2,4H,3H2. The Bertz CT molecular complexity index is 141. The second-order valence-corrected chi connectivity index (χ2v) is 2.35. The number of nitrogens with zero attached hydrogens (tertiary/aromatic N) is 1. The second-order valence-electron chi connectivity index (χ2n) is 1.54. The highest BCUT2D eigenvalue weighted by Gasteiger charge is 2.03. The van der Waals surface area contributed by atoms with Crippen LogP contribution in [0.1, 0.15) is 0 Å². The molecule has 0 amide bonds. The average molecular weight is 178 g/mol. The van der Waals surface area contributed by atoms with Gasteiger partial charge in [-0.05, 0) is 28.1 Å². The predicted molar refractivity (Wildman–Crippen MR) is 35.3 cm³/mol. The smallest absolute Gasteiger partial charge is 0.138 e. The van der Waals surface area contributed by atoms with Crippen molar-refractivity contribution in [1.29, 1.82) is 0 Å². The molecule has 0 bridgehead atoms. The molecule has 1 aliphatic heterocycles. The fraction of sp³-hybridized carbons (Fsp3) is 0.400. The molecule has 0 aromatic heterocycles. The summed E-state index contributed by atoms with van der Waals surface area (Å²) in [4.78, 5) is 3.78. The molecule has 0 N–H and O–H groups in total. The summed E-state index contributed by atoms with van der Waals surface area (Å²) in [5.41, 5.74) is 0. The van der Waals surface area contributed by atoms with Crippen LogP contribution in [0.25, 0.3) is 0 Å². The highest BCUT2D eigenvalue weighted by Crippen LogP contribution is 2.04. The highest BCUT2D eigenvalue weighted by atomic mass is 79.9. The quantitative estimate of drug-likeness (QED) is 0.535. The Morgan fingerprint density at radius 3 is 3.00 bits per heavy atom. The first kappa shape index (κ1) is 5.95. The summed E-state index contributed by atoms with van der Waals surface area (Å²) in [6.45, 7) is 0.261. The summed E-state index contributed by atoms with van der Waals surface area (Å²) >= 11 is 3.11. The van der Waals surface area contributed by atoms with Gasteiger partial charge in [0.2, 0.25) is 0 Å². The molecular weight excluding hydrogens is 173 g/mol. The van der Waals surface area contributed by atoms with Crippen molar-refractivity contribution in [1.82, 2.24) is 0 Å². The van der Waals surface area contributed by atoms with Crippen LogP contribution in [0.15, 0.2) is 17.1 Å². The normalized spacial score (nSPS) is 27.8. The van der Waals surface area contributed by atoms with Crippen LogP contribution in [0.2, 0.25) is 0 Å². The zero-order valence-electron chi connectivity index (χ0n) is 4.14. The molecule has 0 aromatic carbocycles. The SMILES string of the molecule is FC1C=CC(Br)=NC1. The van der Waals surface area contributed by atoms with Gasteiger partial charge in [0.05, 0.1) is 11.2 Å². The lowest BCUT2D eigenvalue weighted by atomic mass is 10.3. The van der Waals surface area contributed by atoms with Gasteiger partial charge in [-0.1, -0.05) is 0 Å². The van der Waals surface area contributed by atoms with E-state index >= 15 is 0 Å². The molecule has 1 aliphatic rings. The zero-order valence-corrected chi connectivity index (χ0v) is 5.73. The molecule has 44 valence electrons. The number of allylic oxidation sites excluding steroid dienone is 1. The summed E-state index contributed by atoms with van der Waals surface area (Å²) < 4.78 is 12.9. The summed E-state index contributed by atoms with van der Waals surface area (Å²) in [5.74, 6) is 0. The van der Waals surface area contributed by atoms with Crippen molar-refractivity contribution < 1.29 is 4.39 Å². The van der Waals surface area contributed by atoms with Gasteiger partial charge in [0.1, 0.15) is 6.17 Å². The Kier molecular flexibility index (Phi) is 1.78. The van der Waals surface area contributed by atoms with Gasteiger partial charge < -0.3 is 0 Å². The number of aliphatic imine (C=N–C) groups is 1. The Balaban J connectivity index is 2.58. The van der Waals surface area contributed by atoms with E-state index in [1.807, 2.05) is 0 Å². The zero-order chi connectivity index (χ0) is 5.98. The lowest BCUT2D eigenvalue weighted by Crippen LogP contribution is -2.06. The molecule has 3 heteroatoms. The molecule has 0 saturated carbocycles. The number of hydrogen-bond donors (Lipinski definition) is 0. The van der Waals surface area contributed by atoms with E-state index in [1.165, 1.54) is 6.08 Å². The van der Waals surface area contributed by atoms with Crippen LogP contribution >= 0.6 is 15.9 Å². The van der Waals surface area contributed by atoms with Gasteiger partial charge in [0.25, 0.3) is 0 Å². The molecule has 0 fully saturated rings. The average Bonchev–Trinajstić information content (AvgIpc) is 1.77. The first-order valence-electron chi connectivity index (χ1n) is 2.31. The Labute approximate surface area is 55.4 Å². The van der Waals surface area contributed by atoms with Crippen LogP contribution in [-0.4, -0.2) is 17.3 Å². The molecule has 0 spiro atoms. The van der Waals surface area contributed by atoms with Crippen LogP contribution in [0.4, 0.5) is 4.39 Å². The molecule has 1 rings (SSSR count). The summed E-state index contributed by atoms with van der Waals surface area (Å²) in [6, 6.07) is 0. The third-order valence-corrected chi connectivity index (χ3v) is 1.37. The molecule has 0 aliphatic carbocycles. The molecule has 1 nitrogen and oxygen atoms in total. The van der Waals surface area contributed by atoms with Crippen LogP contribution in [-0.2, 0) is 0 Å². The van der Waals surface area contributed by atoms with E-state index in [9.17, 15) is 4.39 Å². The van der Waals surface area contributed by atoms with Gasteiger partial charge in [-0.25, -0.2) is 4.39 Å². The van der Waals surface area contributed by atoms with Gasteiger partial charge in [-0.2, -0.15) is 0 Å². The minimum absolute atomic E-state index is 0.261. The molecule has 1 atom stereocenters. The van der Waals surface area contributed by atoms with E-state index in [-0.39, 0.29) is 6.54 Å². The molecule has 0 aromatic rings. The number of rotatable bonds is 0. The van der Waals surface area contributed by atoms with Crippen molar-refractivity contribution in [3.8, 4) is 0 Å². The van der Waals surface area contributed by atoms with Crippen molar-refractivity contribution in [2.45, 2.75) is 6.17 Å². The number of alkyl halides is 1. The van der Waals surface area contributed by atoms with E-state index in [4.69, 9.17) is 0 Å². The van der Waals surface area contributed by atoms with E-state index < -0.39 is 6.17 Å². The van der Waals surface area contributed by atoms with Crippen molar-refractivity contribution in [2.24, 2.45) is 4.99 Å². The Hall–Kier alpha value is -0.180. The van der Waals surface area contributed by atoms with Gasteiger partial charge in [-0.3, -0.25) is 4.99 Å². The topological polar surface area (TPSA) is 12.4 Å². The minimum Gasteiger partial charge on any atom is -0.274 e. The molecule has 8 heavy (non-hydrogen) atoms.